The second kappa shape index (κ2) is 10.2. The maximum absolute atomic E-state index is 12.6. The van der Waals surface area contributed by atoms with Crippen LogP contribution < -0.4 is 14.9 Å². The number of carbonyl (C=O) groups excluding carboxylic acids is 1. The van der Waals surface area contributed by atoms with Gasteiger partial charge in [-0.15, -0.1) is 10.2 Å². The number of amides is 1. The van der Waals surface area contributed by atoms with Crippen LogP contribution in [0.15, 0.2) is 52.9 Å². The van der Waals surface area contributed by atoms with Crippen LogP contribution in [0.3, 0.4) is 0 Å². The van der Waals surface area contributed by atoms with Crippen LogP contribution >= 0.6 is 22.9 Å². The van der Waals surface area contributed by atoms with Gasteiger partial charge in [-0.1, -0.05) is 54.1 Å². The molecular weight excluding hydrogens is 482 g/mol. The van der Waals surface area contributed by atoms with Crippen LogP contribution in [0.2, 0.25) is 5.02 Å². The minimum Gasteiger partial charge on any atom is -0.371 e. The van der Waals surface area contributed by atoms with Gasteiger partial charge in [-0.25, -0.2) is 13.1 Å². The van der Waals surface area contributed by atoms with Crippen LogP contribution in [0.5, 0.6) is 0 Å². The van der Waals surface area contributed by atoms with Crippen molar-refractivity contribution < 1.29 is 13.2 Å². The lowest BCUT2D eigenvalue weighted by Gasteiger charge is -2.32. The van der Waals surface area contributed by atoms with Crippen molar-refractivity contribution >= 4 is 49.7 Å². The number of nitrogens with zero attached hydrogens (tertiary/aromatic N) is 3. The zero-order valence-electron chi connectivity index (χ0n) is 18.0. The lowest BCUT2D eigenvalue weighted by Crippen LogP contribution is -2.34. The predicted molar refractivity (Wildman–Crippen MR) is 130 cm³/mol. The maximum Gasteiger partial charge on any atom is 0.270 e. The summed E-state index contributed by atoms with van der Waals surface area (Å²) in [5, 5.41) is 10.4. The van der Waals surface area contributed by atoms with E-state index in [4.69, 9.17) is 11.6 Å². The fourth-order valence-corrected chi connectivity index (χ4v) is 5.84. The van der Waals surface area contributed by atoms with Crippen molar-refractivity contribution in [2.45, 2.75) is 30.6 Å². The Hall–Kier alpha value is -2.53. The lowest BCUT2D eigenvalue weighted by atomic mass is 9.99. The van der Waals surface area contributed by atoms with Crippen LogP contribution in [0, 0.1) is 5.92 Å². The van der Waals surface area contributed by atoms with E-state index < -0.39 is 15.9 Å². The van der Waals surface area contributed by atoms with E-state index in [1.165, 1.54) is 12.8 Å². The van der Waals surface area contributed by atoms with E-state index in [2.05, 4.69) is 32.1 Å². The molecule has 0 bridgehead atoms. The Morgan fingerprint density at radius 3 is 2.67 bits per heavy atom. The molecule has 1 atom stereocenters. The number of benzene rings is 2. The molecule has 1 aliphatic rings. The zero-order valence-corrected chi connectivity index (χ0v) is 20.4. The molecular formula is C22H24ClN5O3S2. The maximum atomic E-state index is 12.6. The van der Waals surface area contributed by atoms with Gasteiger partial charge in [0, 0.05) is 25.3 Å². The highest BCUT2D eigenvalue weighted by molar-refractivity contribution is 7.91. The van der Waals surface area contributed by atoms with Gasteiger partial charge in [-0.2, -0.15) is 0 Å². The molecule has 0 spiro atoms. The molecule has 1 aromatic heterocycles. The third-order valence-corrected chi connectivity index (χ3v) is 8.34. The first-order valence-corrected chi connectivity index (χ1v) is 13.2. The summed E-state index contributed by atoms with van der Waals surface area (Å²) in [6.07, 6.45) is 2.44. The van der Waals surface area contributed by atoms with Crippen molar-refractivity contribution in [2.24, 2.45) is 5.92 Å². The van der Waals surface area contributed by atoms with Crippen molar-refractivity contribution in [3.63, 3.8) is 0 Å². The van der Waals surface area contributed by atoms with Crippen molar-refractivity contribution in [2.75, 3.05) is 23.3 Å². The van der Waals surface area contributed by atoms with Gasteiger partial charge in [-0.05, 0) is 48.6 Å². The topological polar surface area (TPSA) is 104 Å². The molecule has 1 amide bonds. The van der Waals surface area contributed by atoms with Crippen LogP contribution in [-0.4, -0.2) is 37.6 Å². The van der Waals surface area contributed by atoms with Crippen molar-refractivity contribution in [1.29, 1.82) is 0 Å². The summed E-state index contributed by atoms with van der Waals surface area (Å²) >= 11 is 6.79. The molecule has 174 valence electrons. The van der Waals surface area contributed by atoms with Gasteiger partial charge < -0.3 is 4.90 Å². The second-order valence-corrected chi connectivity index (χ2v) is 11.3. The summed E-state index contributed by atoms with van der Waals surface area (Å²) in [6.45, 7) is 4.47. The number of carbonyl (C=O) groups is 1. The van der Waals surface area contributed by atoms with Gasteiger partial charge in [0.1, 0.15) is 0 Å². The largest absolute Gasteiger partial charge is 0.371 e. The molecule has 2 aromatic carbocycles. The first-order chi connectivity index (χ1) is 15.8. The number of halogens is 1. The molecule has 4 rings (SSSR count). The molecule has 2 N–H and O–H groups in total. The van der Waals surface area contributed by atoms with E-state index in [1.54, 1.807) is 24.3 Å². The highest BCUT2D eigenvalue weighted by Gasteiger charge is 2.22. The minimum absolute atomic E-state index is 0.0698. The van der Waals surface area contributed by atoms with Crippen LogP contribution in [0.25, 0.3) is 0 Å². The van der Waals surface area contributed by atoms with Crippen molar-refractivity contribution in [3.8, 4) is 0 Å². The number of aromatic nitrogens is 2. The van der Waals surface area contributed by atoms with E-state index in [0.717, 1.165) is 35.7 Å². The average Bonchev–Trinajstić information content (AvgIpc) is 3.28. The number of hydrogen-bond acceptors (Lipinski definition) is 7. The SMILES string of the molecule is CC1CCCN(c2ccc(CNS(=O)(=O)c3nnc(NC(=O)c4ccccc4Cl)s3)cc2)C1. The third kappa shape index (κ3) is 5.89. The number of nitrogens with one attached hydrogen (secondary N) is 2. The molecule has 1 saturated heterocycles. The summed E-state index contributed by atoms with van der Waals surface area (Å²) in [6, 6.07) is 14.4. The van der Waals surface area contributed by atoms with E-state index in [0.29, 0.717) is 5.92 Å². The van der Waals surface area contributed by atoms with Gasteiger partial charge in [0.25, 0.3) is 15.9 Å². The number of anilines is 2. The first-order valence-electron chi connectivity index (χ1n) is 10.5. The molecule has 0 radical (unpaired) electrons. The van der Waals surface area contributed by atoms with Crippen molar-refractivity contribution in [1.82, 2.24) is 14.9 Å². The van der Waals surface area contributed by atoms with Crippen LogP contribution in [-0.2, 0) is 16.6 Å². The monoisotopic (exact) mass is 505 g/mol. The Kier molecular flexibility index (Phi) is 7.28. The Labute approximate surface area is 202 Å². The number of sulfonamides is 1. The van der Waals surface area contributed by atoms with E-state index in [1.807, 2.05) is 24.3 Å². The van der Waals surface area contributed by atoms with Gasteiger partial charge in [-0.3, -0.25) is 10.1 Å². The Morgan fingerprint density at radius 2 is 1.94 bits per heavy atom. The third-order valence-electron chi connectivity index (χ3n) is 5.40. The van der Waals surface area contributed by atoms with Crippen molar-refractivity contribution in [3.05, 3.63) is 64.7 Å². The highest BCUT2D eigenvalue weighted by Crippen LogP contribution is 2.24. The van der Waals surface area contributed by atoms with E-state index in [-0.39, 0.29) is 26.6 Å². The summed E-state index contributed by atoms with van der Waals surface area (Å²) in [5.41, 5.74) is 2.25. The molecule has 11 heteroatoms. The Balaban J connectivity index is 1.36. The van der Waals surface area contributed by atoms with Crippen LogP contribution in [0.4, 0.5) is 10.8 Å². The van der Waals surface area contributed by atoms with Gasteiger partial charge >= 0.3 is 0 Å². The molecule has 33 heavy (non-hydrogen) atoms. The Bertz CT molecular complexity index is 1230. The summed E-state index contributed by atoms with van der Waals surface area (Å²) in [5.74, 6) is 0.188. The van der Waals surface area contributed by atoms with E-state index in [9.17, 15) is 13.2 Å². The fraction of sp³-hybridized carbons (Fsp3) is 0.318. The second-order valence-electron chi connectivity index (χ2n) is 7.99. The lowest BCUT2D eigenvalue weighted by molar-refractivity contribution is 0.102. The molecule has 8 nitrogen and oxygen atoms in total. The number of piperidine rings is 1. The number of rotatable bonds is 7. The first kappa shape index (κ1) is 23.6. The van der Waals surface area contributed by atoms with Gasteiger partial charge in [0.2, 0.25) is 9.47 Å². The summed E-state index contributed by atoms with van der Waals surface area (Å²) in [4.78, 5) is 14.7. The zero-order chi connectivity index (χ0) is 23.4. The molecule has 1 aliphatic heterocycles. The normalized spacial score (nSPS) is 16.5. The molecule has 3 aromatic rings. The van der Waals surface area contributed by atoms with E-state index >= 15 is 0 Å². The van der Waals surface area contributed by atoms with Gasteiger partial charge in [0.05, 0.1) is 10.6 Å². The standard InChI is InChI=1S/C22H24ClN5O3S2/c1-15-5-4-12-28(14-15)17-10-8-16(9-11-17)13-24-33(30,31)22-27-26-21(32-22)25-20(29)18-6-2-3-7-19(18)23/h2-3,6-11,15,24H,4-5,12-14H2,1H3,(H,25,26,29). The highest BCUT2D eigenvalue weighted by atomic mass is 35.5. The molecule has 0 aliphatic carbocycles. The summed E-state index contributed by atoms with van der Waals surface area (Å²) < 4.78 is 27.6. The molecule has 1 unspecified atom stereocenters. The molecule has 0 saturated carbocycles. The molecule has 2 heterocycles. The fourth-order valence-electron chi connectivity index (χ4n) is 3.67. The quantitative estimate of drug-likeness (QED) is 0.467. The molecule has 1 fully saturated rings. The van der Waals surface area contributed by atoms with Gasteiger partial charge in [0.15, 0.2) is 0 Å². The number of hydrogen-bond donors (Lipinski definition) is 2. The average molecular weight is 506 g/mol. The Morgan fingerprint density at radius 1 is 1.18 bits per heavy atom. The summed E-state index contributed by atoms with van der Waals surface area (Å²) in [7, 11) is -3.88. The van der Waals surface area contributed by atoms with Crippen LogP contribution in [0.1, 0.15) is 35.7 Å². The predicted octanol–water partition coefficient (Wildman–Crippen LogP) is 4.16. The smallest absolute Gasteiger partial charge is 0.270 e. The minimum atomic E-state index is -3.88.